The van der Waals surface area contributed by atoms with E-state index in [4.69, 9.17) is 10.6 Å². The van der Waals surface area contributed by atoms with Crippen molar-refractivity contribution in [3.8, 4) is 5.75 Å². The van der Waals surface area contributed by atoms with E-state index in [2.05, 4.69) is 11.5 Å². The van der Waals surface area contributed by atoms with Gasteiger partial charge in [0.25, 0.3) is 5.69 Å². The first-order chi connectivity index (χ1) is 9.99. The summed E-state index contributed by atoms with van der Waals surface area (Å²) in [5.41, 5.74) is 5.58. The van der Waals surface area contributed by atoms with Gasteiger partial charge in [-0.25, -0.2) is 0 Å². The lowest BCUT2D eigenvalue weighted by Crippen LogP contribution is -2.10. The van der Waals surface area contributed by atoms with Gasteiger partial charge in [0.2, 0.25) is 0 Å². The molecule has 0 atom stereocenters. The van der Waals surface area contributed by atoms with Crippen LogP contribution >= 0.6 is 0 Å². The maximum atomic E-state index is 10.8. The lowest BCUT2D eigenvalue weighted by Gasteiger charge is -2.09. The van der Waals surface area contributed by atoms with Crippen molar-refractivity contribution in [2.24, 2.45) is 5.84 Å². The fourth-order valence-electron chi connectivity index (χ4n) is 2.13. The first kappa shape index (κ1) is 14.8. The summed E-state index contributed by atoms with van der Waals surface area (Å²) in [6.45, 7) is 4.32. The smallest absolute Gasteiger partial charge is 0.293 e. The van der Waals surface area contributed by atoms with Crippen LogP contribution in [0.25, 0.3) is 0 Å². The summed E-state index contributed by atoms with van der Waals surface area (Å²) in [4.78, 5) is 10.3. The van der Waals surface area contributed by atoms with Crippen molar-refractivity contribution in [1.29, 1.82) is 0 Å². The molecule has 0 aliphatic carbocycles. The van der Waals surface area contributed by atoms with Gasteiger partial charge in [0.15, 0.2) is 0 Å². The summed E-state index contributed by atoms with van der Waals surface area (Å²) < 4.78 is 5.72. The Bertz CT molecular complexity index is 651. The number of nitro groups is 1. The van der Waals surface area contributed by atoms with Crippen LogP contribution in [-0.4, -0.2) is 4.92 Å². The molecule has 2 aromatic carbocycles. The van der Waals surface area contributed by atoms with Gasteiger partial charge in [-0.05, 0) is 54.8 Å². The summed E-state index contributed by atoms with van der Waals surface area (Å²) in [7, 11) is 0. The number of nitro benzene ring substituents is 1. The lowest BCUT2D eigenvalue weighted by atomic mass is 10.1. The third kappa shape index (κ3) is 3.70. The van der Waals surface area contributed by atoms with E-state index in [0.29, 0.717) is 6.61 Å². The van der Waals surface area contributed by atoms with Crippen LogP contribution in [0.5, 0.6) is 5.75 Å². The fraction of sp³-hybridized carbons (Fsp3) is 0.200. The molecule has 0 spiro atoms. The number of hydrogen-bond donors (Lipinski definition) is 2. The summed E-state index contributed by atoms with van der Waals surface area (Å²) in [6, 6.07) is 10.6. The molecule has 0 bridgehead atoms. The van der Waals surface area contributed by atoms with Crippen molar-refractivity contribution >= 4 is 11.4 Å². The minimum absolute atomic E-state index is 0.0624. The Hall–Kier alpha value is -2.60. The minimum atomic E-state index is -0.482. The number of hydrogen-bond acceptors (Lipinski definition) is 5. The first-order valence-electron chi connectivity index (χ1n) is 6.44. The molecule has 0 unspecified atom stereocenters. The van der Waals surface area contributed by atoms with E-state index in [-0.39, 0.29) is 11.4 Å². The highest BCUT2D eigenvalue weighted by molar-refractivity contribution is 5.62. The van der Waals surface area contributed by atoms with Gasteiger partial charge in [-0.3, -0.25) is 16.0 Å². The molecule has 0 aliphatic rings. The molecular formula is C15H17N3O3. The normalized spacial score (nSPS) is 10.2. The van der Waals surface area contributed by atoms with Gasteiger partial charge in [0.05, 0.1) is 4.92 Å². The highest BCUT2D eigenvalue weighted by atomic mass is 16.6. The predicted octanol–water partition coefficient (Wildman–Crippen LogP) is 3.08. The summed E-state index contributed by atoms with van der Waals surface area (Å²) in [6.07, 6.45) is 0. The topological polar surface area (TPSA) is 90.4 Å². The standard InChI is InChI=1S/C15H17N3O3/c1-10-5-11(2)7-13(6-10)21-9-12-3-4-15(18(19)20)14(8-12)17-16/h3-8,17H,9,16H2,1-2H3. The van der Waals surface area contributed by atoms with E-state index in [9.17, 15) is 10.1 Å². The number of aryl methyl sites for hydroxylation is 2. The average molecular weight is 287 g/mol. The van der Waals surface area contributed by atoms with Gasteiger partial charge in [0, 0.05) is 6.07 Å². The molecule has 0 saturated carbocycles. The molecule has 0 radical (unpaired) electrons. The molecule has 3 N–H and O–H groups in total. The molecule has 0 aliphatic heterocycles. The minimum Gasteiger partial charge on any atom is -0.489 e. The second-order valence-electron chi connectivity index (χ2n) is 4.87. The molecule has 0 fully saturated rings. The van der Waals surface area contributed by atoms with E-state index in [1.54, 1.807) is 12.1 Å². The van der Waals surface area contributed by atoms with Crippen LogP contribution in [0.15, 0.2) is 36.4 Å². The quantitative estimate of drug-likeness (QED) is 0.501. The van der Waals surface area contributed by atoms with Gasteiger partial charge >= 0.3 is 0 Å². The van der Waals surface area contributed by atoms with Crippen molar-refractivity contribution in [1.82, 2.24) is 0 Å². The number of nitrogens with zero attached hydrogens (tertiary/aromatic N) is 1. The highest BCUT2D eigenvalue weighted by Gasteiger charge is 2.13. The third-order valence-corrected chi connectivity index (χ3v) is 3.01. The Balaban J connectivity index is 2.14. The third-order valence-electron chi connectivity index (χ3n) is 3.01. The summed E-state index contributed by atoms with van der Waals surface area (Å²) >= 11 is 0. The SMILES string of the molecule is Cc1cc(C)cc(OCc2ccc([N+](=O)[O-])c(NN)c2)c1. The molecule has 0 amide bonds. The Morgan fingerprint density at radius 1 is 1.19 bits per heavy atom. The molecule has 6 nitrogen and oxygen atoms in total. The maximum Gasteiger partial charge on any atom is 0.293 e. The number of ether oxygens (including phenoxy) is 1. The van der Waals surface area contributed by atoms with Gasteiger partial charge in [-0.15, -0.1) is 0 Å². The number of anilines is 1. The molecule has 2 rings (SSSR count). The number of benzene rings is 2. The van der Waals surface area contributed by atoms with Crippen LogP contribution in [0.4, 0.5) is 11.4 Å². The zero-order valence-corrected chi connectivity index (χ0v) is 11.9. The van der Waals surface area contributed by atoms with Crippen LogP contribution in [0, 0.1) is 24.0 Å². The van der Waals surface area contributed by atoms with Gasteiger partial charge in [-0.1, -0.05) is 6.07 Å². The molecule has 0 aromatic heterocycles. The summed E-state index contributed by atoms with van der Waals surface area (Å²) in [5, 5.41) is 10.8. The second kappa shape index (κ2) is 6.23. The van der Waals surface area contributed by atoms with Crippen LogP contribution in [0.3, 0.4) is 0 Å². The van der Waals surface area contributed by atoms with E-state index in [0.717, 1.165) is 22.4 Å². The molecule has 21 heavy (non-hydrogen) atoms. The number of hydrazine groups is 1. The molecular weight excluding hydrogens is 270 g/mol. The van der Waals surface area contributed by atoms with Gasteiger partial charge < -0.3 is 10.2 Å². The summed E-state index contributed by atoms with van der Waals surface area (Å²) in [5.74, 6) is 6.08. The highest BCUT2D eigenvalue weighted by Crippen LogP contribution is 2.25. The van der Waals surface area contributed by atoms with E-state index >= 15 is 0 Å². The molecule has 110 valence electrons. The van der Waals surface area contributed by atoms with Crippen molar-refractivity contribution in [2.45, 2.75) is 20.5 Å². The van der Waals surface area contributed by atoms with Gasteiger partial charge in [-0.2, -0.15) is 0 Å². The van der Waals surface area contributed by atoms with Crippen LogP contribution in [0.1, 0.15) is 16.7 Å². The number of nitrogen functional groups attached to an aromatic ring is 1. The van der Waals surface area contributed by atoms with E-state index in [1.807, 2.05) is 26.0 Å². The Labute approximate surface area is 122 Å². The number of nitrogens with one attached hydrogen (secondary N) is 1. The largest absolute Gasteiger partial charge is 0.489 e. The van der Waals surface area contributed by atoms with Crippen LogP contribution < -0.4 is 16.0 Å². The predicted molar refractivity (Wildman–Crippen MR) is 81.2 cm³/mol. The monoisotopic (exact) mass is 287 g/mol. The maximum absolute atomic E-state index is 10.8. The molecule has 0 heterocycles. The van der Waals surface area contributed by atoms with Crippen molar-refractivity contribution in [3.63, 3.8) is 0 Å². The Morgan fingerprint density at radius 2 is 1.86 bits per heavy atom. The zero-order chi connectivity index (χ0) is 15.4. The van der Waals surface area contributed by atoms with Crippen LogP contribution in [0.2, 0.25) is 0 Å². The van der Waals surface area contributed by atoms with E-state index in [1.165, 1.54) is 6.07 Å². The molecule has 6 heteroatoms. The molecule has 0 saturated heterocycles. The zero-order valence-electron chi connectivity index (χ0n) is 11.9. The van der Waals surface area contributed by atoms with Crippen molar-refractivity contribution < 1.29 is 9.66 Å². The number of nitrogens with two attached hydrogens (primary N) is 1. The first-order valence-corrected chi connectivity index (χ1v) is 6.44. The van der Waals surface area contributed by atoms with Crippen molar-refractivity contribution in [2.75, 3.05) is 5.43 Å². The fourth-order valence-corrected chi connectivity index (χ4v) is 2.13. The molecule has 2 aromatic rings. The van der Waals surface area contributed by atoms with Crippen molar-refractivity contribution in [3.05, 3.63) is 63.2 Å². The Kier molecular flexibility index (Phi) is 4.39. The van der Waals surface area contributed by atoms with E-state index < -0.39 is 4.92 Å². The Morgan fingerprint density at radius 3 is 2.43 bits per heavy atom. The van der Waals surface area contributed by atoms with Crippen LogP contribution in [-0.2, 0) is 6.61 Å². The van der Waals surface area contributed by atoms with Gasteiger partial charge in [0.1, 0.15) is 18.0 Å². The second-order valence-corrected chi connectivity index (χ2v) is 4.87. The lowest BCUT2D eigenvalue weighted by molar-refractivity contribution is -0.384. The number of rotatable bonds is 5. The average Bonchev–Trinajstić information content (AvgIpc) is 2.43.